The van der Waals surface area contributed by atoms with Gasteiger partial charge < -0.3 is 19.7 Å². The van der Waals surface area contributed by atoms with E-state index in [2.05, 4.69) is 54.4 Å². The fourth-order valence-corrected chi connectivity index (χ4v) is 4.24. The molecule has 1 aromatic rings. The third-order valence-corrected chi connectivity index (χ3v) is 5.65. The highest BCUT2D eigenvalue weighted by atomic mass is 32.1. The van der Waals surface area contributed by atoms with Crippen molar-refractivity contribution < 1.29 is 9.47 Å². The third-order valence-electron chi connectivity index (χ3n) is 5.29. The molecule has 1 aromatic carbocycles. The third kappa shape index (κ3) is 3.46. The highest BCUT2D eigenvalue weighted by Gasteiger charge is 2.39. The Balaban J connectivity index is 1.72. The van der Waals surface area contributed by atoms with Crippen LogP contribution in [0.4, 0.5) is 0 Å². The van der Waals surface area contributed by atoms with Gasteiger partial charge in [-0.1, -0.05) is 42.5 Å². The van der Waals surface area contributed by atoms with Gasteiger partial charge in [0, 0.05) is 30.8 Å². The normalized spacial score (nSPS) is 28.7. The van der Waals surface area contributed by atoms with Gasteiger partial charge in [0.05, 0.1) is 18.3 Å². The second kappa shape index (κ2) is 6.71. The fraction of sp³-hybridized carbons (Fsp3) is 0.550. The Labute approximate surface area is 155 Å². The summed E-state index contributed by atoms with van der Waals surface area (Å²) in [6, 6.07) is 10.6. The molecule has 3 aliphatic heterocycles. The quantitative estimate of drug-likeness (QED) is 0.836. The van der Waals surface area contributed by atoms with Gasteiger partial charge in [0.1, 0.15) is 11.2 Å². The van der Waals surface area contributed by atoms with Crippen LogP contribution in [-0.4, -0.2) is 41.4 Å². The lowest BCUT2D eigenvalue weighted by Gasteiger charge is -2.47. The second-order valence-corrected chi connectivity index (χ2v) is 8.13. The highest BCUT2D eigenvalue weighted by molar-refractivity contribution is 7.80. The monoisotopic (exact) mass is 358 g/mol. The summed E-state index contributed by atoms with van der Waals surface area (Å²) < 4.78 is 12.0. The molecule has 2 atom stereocenters. The topological polar surface area (TPSA) is 33.7 Å². The second-order valence-electron chi connectivity index (χ2n) is 7.72. The largest absolute Gasteiger partial charge is 0.376 e. The first-order valence-electron chi connectivity index (χ1n) is 9.13. The molecule has 25 heavy (non-hydrogen) atoms. The van der Waals surface area contributed by atoms with Gasteiger partial charge >= 0.3 is 0 Å². The van der Waals surface area contributed by atoms with Crippen LogP contribution in [0, 0.1) is 0 Å². The van der Waals surface area contributed by atoms with Crippen molar-refractivity contribution in [1.29, 1.82) is 0 Å². The lowest BCUT2D eigenvalue weighted by molar-refractivity contribution is -0.0289. The van der Waals surface area contributed by atoms with Crippen molar-refractivity contribution in [3.63, 3.8) is 0 Å². The number of benzene rings is 1. The standard InChI is InChI=1S/C20H26N2O2S/c1-20(2)11-17-16(13-24-20)19(25)21-18(14-7-4-3-5-8-14)22(17)12-15-9-6-10-23-15/h3-5,7-8,15,18H,6,9-13H2,1-2H3,(H,21,25)/t15-,18-/m0/s1. The molecule has 1 N–H and O–H groups in total. The molecule has 0 bridgehead atoms. The summed E-state index contributed by atoms with van der Waals surface area (Å²) in [4.78, 5) is 3.30. The highest BCUT2D eigenvalue weighted by Crippen LogP contribution is 2.38. The Hall–Kier alpha value is -1.43. The van der Waals surface area contributed by atoms with E-state index in [4.69, 9.17) is 21.7 Å². The lowest BCUT2D eigenvalue weighted by Crippen LogP contribution is -2.52. The Morgan fingerprint density at radius 1 is 1.28 bits per heavy atom. The minimum absolute atomic E-state index is 0.0607. The van der Waals surface area contributed by atoms with E-state index in [1.165, 1.54) is 11.3 Å². The molecule has 4 rings (SSSR count). The average molecular weight is 359 g/mol. The van der Waals surface area contributed by atoms with E-state index in [1.807, 2.05) is 0 Å². The molecule has 0 aliphatic carbocycles. The van der Waals surface area contributed by atoms with Crippen LogP contribution in [0.15, 0.2) is 41.6 Å². The summed E-state index contributed by atoms with van der Waals surface area (Å²) in [5.74, 6) is 0. The summed E-state index contributed by atoms with van der Waals surface area (Å²) in [5, 5.41) is 3.55. The van der Waals surface area contributed by atoms with Gasteiger partial charge in [0.15, 0.2) is 0 Å². The molecule has 0 saturated carbocycles. The van der Waals surface area contributed by atoms with Crippen molar-refractivity contribution in [2.45, 2.75) is 51.0 Å². The maximum Gasteiger partial charge on any atom is 0.126 e. The molecule has 134 valence electrons. The Morgan fingerprint density at radius 2 is 2.08 bits per heavy atom. The molecule has 5 heteroatoms. The van der Waals surface area contributed by atoms with Crippen LogP contribution in [0.2, 0.25) is 0 Å². The summed E-state index contributed by atoms with van der Waals surface area (Å²) in [6.07, 6.45) is 3.51. The molecule has 3 heterocycles. The van der Waals surface area contributed by atoms with E-state index >= 15 is 0 Å². The molecule has 0 radical (unpaired) electrons. The van der Waals surface area contributed by atoms with E-state index < -0.39 is 0 Å². The summed E-state index contributed by atoms with van der Waals surface area (Å²) in [5.41, 5.74) is 3.53. The molecule has 0 aromatic heterocycles. The molecular weight excluding hydrogens is 332 g/mol. The van der Waals surface area contributed by atoms with E-state index in [9.17, 15) is 0 Å². The zero-order valence-corrected chi connectivity index (χ0v) is 15.8. The van der Waals surface area contributed by atoms with Gasteiger partial charge in [-0.05, 0) is 32.3 Å². The number of thiocarbonyl (C=S) groups is 1. The molecule has 4 nitrogen and oxygen atoms in total. The lowest BCUT2D eigenvalue weighted by atomic mass is 9.92. The van der Waals surface area contributed by atoms with E-state index in [-0.39, 0.29) is 11.8 Å². The van der Waals surface area contributed by atoms with Crippen LogP contribution in [0.5, 0.6) is 0 Å². The van der Waals surface area contributed by atoms with E-state index in [0.717, 1.165) is 43.0 Å². The molecule has 0 amide bonds. The molecule has 1 fully saturated rings. The van der Waals surface area contributed by atoms with Crippen molar-refractivity contribution in [3.05, 3.63) is 47.2 Å². The Morgan fingerprint density at radius 3 is 2.80 bits per heavy atom. The molecular formula is C20H26N2O2S. The molecule has 0 spiro atoms. The van der Waals surface area contributed by atoms with Crippen molar-refractivity contribution in [2.24, 2.45) is 0 Å². The van der Waals surface area contributed by atoms with Crippen molar-refractivity contribution in [3.8, 4) is 0 Å². The summed E-state index contributed by atoms with van der Waals surface area (Å²) >= 11 is 5.68. The van der Waals surface area contributed by atoms with Crippen LogP contribution in [0.3, 0.4) is 0 Å². The van der Waals surface area contributed by atoms with Crippen molar-refractivity contribution in [1.82, 2.24) is 10.2 Å². The Kier molecular flexibility index (Phi) is 4.56. The van der Waals surface area contributed by atoms with Crippen LogP contribution in [0.25, 0.3) is 0 Å². The summed E-state index contributed by atoms with van der Waals surface area (Å²) in [7, 11) is 0. The number of hydrogen-bond acceptors (Lipinski definition) is 4. The minimum Gasteiger partial charge on any atom is -0.376 e. The number of ether oxygens (including phenoxy) is 2. The van der Waals surface area contributed by atoms with Gasteiger partial charge in [-0.25, -0.2) is 0 Å². The molecule has 0 unspecified atom stereocenters. The smallest absolute Gasteiger partial charge is 0.126 e. The maximum atomic E-state index is 6.02. The summed E-state index contributed by atoms with van der Waals surface area (Å²) in [6.45, 7) is 6.66. The first-order chi connectivity index (χ1) is 12.0. The minimum atomic E-state index is -0.165. The van der Waals surface area contributed by atoms with E-state index in [1.54, 1.807) is 0 Å². The van der Waals surface area contributed by atoms with Crippen LogP contribution in [0.1, 0.15) is 44.8 Å². The first-order valence-corrected chi connectivity index (χ1v) is 9.54. The van der Waals surface area contributed by atoms with Gasteiger partial charge in [0.25, 0.3) is 0 Å². The van der Waals surface area contributed by atoms with Gasteiger partial charge in [-0.3, -0.25) is 0 Å². The predicted octanol–water partition coefficient (Wildman–Crippen LogP) is 3.55. The van der Waals surface area contributed by atoms with E-state index in [0.29, 0.717) is 12.7 Å². The molecule has 1 saturated heterocycles. The molecule has 3 aliphatic rings. The number of nitrogens with one attached hydrogen (secondary N) is 1. The SMILES string of the molecule is CC1(C)CC2=C(CO1)C(=S)N[C@H](c1ccccc1)N2C[C@@H]1CCCO1. The van der Waals surface area contributed by atoms with Crippen molar-refractivity contribution in [2.75, 3.05) is 19.8 Å². The average Bonchev–Trinajstić information content (AvgIpc) is 3.10. The number of hydrogen-bond donors (Lipinski definition) is 1. The van der Waals surface area contributed by atoms with Crippen LogP contribution in [-0.2, 0) is 9.47 Å². The first kappa shape index (κ1) is 17.0. The van der Waals surface area contributed by atoms with Crippen molar-refractivity contribution >= 4 is 17.2 Å². The predicted molar refractivity (Wildman–Crippen MR) is 102 cm³/mol. The van der Waals surface area contributed by atoms with Crippen LogP contribution < -0.4 is 5.32 Å². The van der Waals surface area contributed by atoms with Gasteiger partial charge in [-0.15, -0.1) is 0 Å². The zero-order chi connectivity index (χ0) is 17.4. The number of nitrogens with zero attached hydrogens (tertiary/aromatic N) is 1. The van der Waals surface area contributed by atoms with Crippen LogP contribution >= 0.6 is 12.2 Å². The Bertz CT molecular complexity index is 680. The zero-order valence-electron chi connectivity index (χ0n) is 15.0. The fourth-order valence-electron chi connectivity index (χ4n) is 3.95. The maximum absolute atomic E-state index is 6.02. The number of rotatable bonds is 3. The van der Waals surface area contributed by atoms with Gasteiger partial charge in [0.2, 0.25) is 0 Å². The van der Waals surface area contributed by atoms with Gasteiger partial charge in [-0.2, -0.15) is 0 Å².